The lowest BCUT2D eigenvalue weighted by molar-refractivity contribution is -1.03. The van der Waals surface area contributed by atoms with Crippen LogP contribution in [-0.2, 0) is 20.0 Å². The summed E-state index contributed by atoms with van der Waals surface area (Å²) < 4.78 is 6.97. The van der Waals surface area contributed by atoms with Gasteiger partial charge in [-0.2, -0.15) is 0 Å². The van der Waals surface area contributed by atoms with Gasteiger partial charge in [0.25, 0.3) is 0 Å². The number of nitrogens with two attached hydrogens (primary N) is 1. The van der Waals surface area contributed by atoms with E-state index in [1.54, 1.807) is 0 Å². The molecule has 1 fully saturated rings. The molecule has 2 heterocycles. The average Bonchev–Trinajstić information content (AvgIpc) is 2.82. The molecule has 5 nitrogen and oxygen atoms in total. The van der Waals surface area contributed by atoms with Crippen LogP contribution in [0.25, 0.3) is 0 Å². The molecule has 0 radical (unpaired) electrons. The van der Waals surface area contributed by atoms with Crippen LogP contribution in [0.5, 0.6) is 0 Å². The molecule has 0 aromatic carbocycles. The van der Waals surface area contributed by atoms with Gasteiger partial charge in [0.2, 0.25) is 6.33 Å². The molecule has 2 N–H and O–H groups in total. The fourth-order valence-electron chi connectivity index (χ4n) is 3.38. The molecule has 0 spiro atoms. The number of nitrogens with zero attached hydrogens (tertiary/aromatic N) is 4. The molecule has 126 valence electrons. The minimum Gasteiger partial charge on any atom is -0.330 e. The summed E-state index contributed by atoms with van der Waals surface area (Å²) in [5, 5.41) is 0. The third-order valence-electron chi connectivity index (χ3n) is 5.94. The summed E-state index contributed by atoms with van der Waals surface area (Å²) in [6, 6.07) is 0.732. The predicted octanol–water partition coefficient (Wildman–Crippen LogP) is 0.129. The highest BCUT2D eigenvalue weighted by atomic mass is 15.5. The van der Waals surface area contributed by atoms with Gasteiger partial charge < -0.3 is 14.7 Å². The molecule has 0 aliphatic carbocycles. The Morgan fingerprint density at radius 3 is 2.41 bits per heavy atom. The number of hydrogen-bond donors (Lipinski definition) is 1. The van der Waals surface area contributed by atoms with Gasteiger partial charge in [0.1, 0.15) is 51.2 Å². The van der Waals surface area contributed by atoms with E-state index in [1.807, 2.05) is 0 Å². The van der Waals surface area contributed by atoms with Gasteiger partial charge in [-0.15, -0.1) is 0 Å². The van der Waals surface area contributed by atoms with Gasteiger partial charge >= 0.3 is 0 Å². The first-order chi connectivity index (χ1) is 10.3. The lowest BCUT2D eigenvalue weighted by Gasteiger charge is -2.48. The third kappa shape index (κ3) is 3.89. The number of aromatic nitrogens is 2. The van der Waals surface area contributed by atoms with Crippen LogP contribution in [0.3, 0.4) is 0 Å². The summed E-state index contributed by atoms with van der Waals surface area (Å²) in [5.74, 6) is 0. The van der Waals surface area contributed by atoms with Crippen LogP contribution in [0.4, 0.5) is 0 Å². The fraction of sp³-hybridized carbons (Fsp3) is 0.824. The Morgan fingerprint density at radius 2 is 1.86 bits per heavy atom. The second-order valence-electron chi connectivity index (χ2n) is 7.93. The smallest absolute Gasteiger partial charge is 0.243 e. The van der Waals surface area contributed by atoms with E-state index < -0.39 is 0 Å². The molecular weight excluding hydrogens is 274 g/mol. The number of rotatable bonds is 6. The predicted molar refractivity (Wildman–Crippen MR) is 90.2 cm³/mol. The van der Waals surface area contributed by atoms with E-state index in [1.165, 1.54) is 47.4 Å². The largest absolute Gasteiger partial charge is 0.330 e. The van der Waals surface area contributed by atoms with Crippen LogP contribution in [0.15, 0.2) is 12.5 Å². The van der Waals surface area contributed by atoms with Gasteiger partial charge in [-0.05, 0) is 20.4 Å². The second-order valence-corrected chi connectivity index (χ2v) is 7.93. The van der Waals surface area contributed by atoms with Gasteiger partial charge in [0, 0.05) is 6.42 Å². The molecule has 2 rings (SSSR count). The van der Waals surface area contributed by atoms with Crippen molar-refractivity contribution in [3.8, 4) is 0 Å². The van der Waals surface area contributed by atoms with E-state index in [-0.39, 0.29) is 0 Å². The van der Waals surface area contributed by atoms with Crippen LogP contribution in [-0.4, -0.2) is 72.9 Å². The summed E-state index contributed by atoms with van der Waals surface area (Å²) in [6.45, 7) is 12.9. The molecule has 0 bridgehead atoms. The Labute approximate surface area is 136 Å². The van der Waals surface area contributed by atoms with E-state index in [2.05, 4.69) is 56.6 Å². The van der Waals surface area contributed by atoms with Crippen molar-refractivity contribution < 1.29 is 13.5 Å². The van der Waals surface area contributed by atoms with Gasteiger partial charge in [-0.25, -0.2) is 9.13 Å². The minimum absolute atomic E-state index is 0.720. The first-order valence-electron chi connectivity index (χ1n) is 8.70. The molecule has 0 atom stereocenters. The monoisotopic (exact) mass is 310 g/mol. The van der Waals surface area contributed by atoms with Crippen LogP contribution in [0.2, 0.25) is 0 Å². The van der Waals surface area contributed by atoms with E-state index in [4.69, 9.17) is 5.73 Å². The van der Waals surface area contributed by atoms with Crippen LogP contribution in [0, 0.1) is 0 Å². The highest BCUT2D eigenvalue weighted by Crippen LogP contribution is 2.18. The zero-order valence-electron chi connectivity index (χ0n) is 15.3. The quantitative estimate of drug-likeness (QED) is 0.588. The molecule has 0 saturated carbocycles. The van der Waals surface area contributed by atoms with Crippen molar-refractivity contribution >= 4 is 0 Å². The van der Waals surface area contributed by atoms with Gasteiger partial charge in [0.05, 0.1) is 27.2 Å². The van der Waals surface area contributed by atoms with E-state index in [0.29, 0.717) is 0 Å². The molecule has 5 heteroatoms. The molecule has 1 saturated heterocycles. The molecule has 0 amide bonds. The van der Waals surface area contributed by atoms with Gasteiger partial charge in [-0.3, -0.25) is 0 Å². The lowest BCUT2D eigenvalue weighted by atomic mass is 10.1. The third-order valence-corrected chi connectivity index (χ3v) is 5.94. The molecule has 0 unspecified atom stereocenters. The Kier molecular flexibility index (Phi) is 5.30. The normalized spacial score (nSPS) is 29.2. The van der Waals surface area contributed by atoms with Crippen molar-refractivity contribution in [3.05, 3.63) is 18.2 Å². The summed E-state index contributed by atoms with van der Waals surface area (Å²) in [5.41, 5.74) is 7.00. The van der Waals surface area contributed by atoms with Crippen LogP contribution in [0.1, 0.15) is 19.5 Å². The van der Waals surface area contributed by atoms with E-state index in [9.17, 15) is 0 Å². The molecule has 1 aliphatic rings. The first-order valence-corrected chi connectivity index (χ1v) is 8.70. The summed E-state index contributed by atoms with van der Waals surface area (Å²) in [6.07, 6.45) is 5.42. The Hall–Kier alpha value is -0.910. The van der Waals surface area contributed by atoms with Gasteiger partial charge in [0.15, 0.2) is 0 Å². The molecule has 1 aliphatic heterocycles. The number of hydrogen-bond acceptors (Lipinski definition) is 1. The number of aryl methyl sites for hydroxylation is 1. The lowest BCUT2D eigenvalue weighted by Crippen LogP contribution is -2.67. The maximum atomic E-state index is 5.67. The van der Waals surface area contributed by atoms with Crippen molar-refractivity contribution in [1.82, 2.24) is 4.57 Å². The zero-order chi connectivity index (χ0) is 16.4. The minimum atomic E-state index is 0.720. The van der Waals surface area contributed by atoms with Gasteiger partial charge in [-0.1, -0.05) is 0 Å². The summed E-state index contributed by atoms with van der Waals surface area (Å²) in [4.78, 5) is 0. The fourth-order valence-corrected chi connectivity index (χ4v) is 3.38. The topological polar surface area (TPSA) is 34.8 Å². The van der Waals surface area contributed by atoms with Crippen molar-refractivity contribution in [1.29, 1.82) is 0 Å². The Bertz CT molecular complexity index is 483. The number of likely N-dealkylation sites (N-methyl/N-ethyl adjacent to an activating group) is 2. The SMILES string of the molecule is CC(C)[N+]1(C)CC[N+](C)(CC[n+]2cc(CCN)n(C)c2)CC1. The standard InChI is InChI=1S/C17H36N5/c1-16(2)22(5)12-10-21(4,11-13-22)9-8-20-14-17(6-7-18)19(3)15-20/h14-16H,6-13,18H2,1-5H3/q+3. The molecular formula is C17H36N5+3. The maximum absolute atomic E-state index is 5.67. The van der Waals surface area contributed by atoms with Crippen LogP contribution < -0.4 is 10.3 Å². The molecule has 1 aromatic rings. The van der Waals surface area contributed by atoms with Crippen LogP contribution >= 0.6 is 0 Å². The van der Waals surface area contributed by atoms with E-state index >= 15 is 0 Å². The number of imidazole rings is 1. The molecule has 22 heavy (non-hydrogen) atoms. The first kappa shape index (κ1) is 17.4. The maximum Gasteiger partial charge on any atom is 0.243 e. The number of quaternary nitrogens is 2. The highest BCUT2D eigenvalue weighted by Gasteiger charge is 2.38. The highest BCUT2D eigenvalue weighted by molar-refractivity contribution is 4.93. The Morgan fingerprint density at radius 1 is 1.23 bits per heavy atom. The van der Waals surface area contributed by atoms with E-state index in [0.717, 1.165) is 25.6 Å². The Balaban J connectivity index is 1.90. The second kappa shape index (κ2) is 6.69. The van der Waals surface area contributed by atoms with Crippen molar-refractivity contribution in [2.45, 2.75) is 32.9 Å². The summed E-state index contributed by atoms with van der Waals surface area (Å²) >= 11 is 0. The average molecular weight is 311 g/mol. The zero-order valence-corrected chi connectivity index (χ0v) is 15.3. The van der Waals surface area contributed by atoms with Crippen molar-refractivity contribution in [3.63, 3.8) is 0 Å². The van der Waals surface area contributed by atoms with Crippen molar-refractivity contribution in [2.75, 3.05) is 53.4 Å². The number of piperazine rings is 1. The van der Waals surface area contributed by atoms with Crippen molar-refractivity contribution in [2.24, 2.45) is 12.8 Å². The summed E-state index contributed by atoms with van der Waals surface area (Å²) in [7, 11) is 6.96. The molecule has 1 aromatic heterocycles.